The van der Waals surface area contributed by atoms with Crippen molar-refractivity contribution < 1.29 is 9.59 Å². The van der Waals surface area contributed by atoms with E-state index in [1.54, 1.807) is 4.90 Å². The van der Waals surface area contributed by atoms with Crippen LogP contribution >= 0.6 is 35.3 Å². The molecule has 1 fully saturated rings. The first-order valence-corrected chi connectivity index (χ1v) is 10.4. The van der Waals surface area contributed by atoms with Gasteiger partial charge in [0.05, 0.1) is 22.0 Å². The largest absolute Gasteiger partial charge is 0.302 e. The molecule has 1 atom stereocenters. The molecular weight excluding hydrogens is 398 g/mol. The second kappa shape index (κ2) is 7.75. The number of thioether (sulfide) groups is 1. The van der Waals surface area contributed by atoms with E-state index < -0.39 is 5.25 Å². The van der Waals surface area contributed by atoms with Crippen LogP contribution in [0.25, 0.3) is 10.2 Å². The second-order valence-corrected chi connectivity index (χ2v) is 8.89. The zero-order valence-electron chi connectivity index (χ0n) is 14.1. The van der Waals surface area contributed by atoms with Gasteiger partial charge in [0.2, 0.25) is 11.8 Å². The summed E-state index contributed by atoms with van der Waals surface area (Å²) in [6, 6.07) is 17.4. The number of carbonyl (C=O) groups excluding carboxylic acids is 2. The number of thiazole rings is 1. The molecule has 0 radical (unpaired) electrons. The van der Waals surface area contributed by atoms with Crippen LogP contribution < -0.4 is 5.32 Å². The summed E-state index contributed by atoms with van der Waals surface area (Å²) < 4.78 is 1.52. The third kappa shape index (κ3) is 4.02. The van der Waals surface area contributed by atoms with E-state index in [0.29, 0.717) is 16.0 Å². The van der Waals surface area contributed by atoms with Crippen molar-refractivity contribution in [1.29, 1.82) is 0 Å². The van der Waals surface area contributed by atoms with Crippen LogP contribution in [0.1, 0.15) is 12.0 Å². The quantitative estimate of drug-likeness (QED) is 0.639. The van der Waals surface area contributed by atoms with Crippen LogP contribution in [0.3, 0.4) is 0 Å². The van der Waals surface area contributed by atoms with Gasteiger partial charge in [0.25, 0.3) is 0 Å². The van der Waals surface area contributed by atoms with Gasteiger partial charge < -0.3 is 5.32 Å². The van der Waals surface area contributed by atoms with Crippen LogP contribution in [0, 0.1) is 0 Å². The standard InChI is InChI=1S/C19H15N3O2S3/c23-16(21-18-20-13-8-4-5-9-14(13)26-18)10-15-17(24)22(19(25)27-15)11-12-6-2-1-3-7-12/h1-9,15H,10-11H2,(H,20,21,23)/t15-/m0/s1. The van der Waals surface area contributed by atoms with Crippen LogP contribution in [0.2, 0.25) is 0 Å². The van der Waals surface area contributed by atoms with Gasteiger partial charge in [-0.05, 0) is 17.7 Å². The Labute approximate surface area is 169 Å². The number of thiocarbonyl (C=S) groups is 1. The van der Waals surface area contributed by atoms with Gasteiger partial charge in [0.1, 0.15) is 4.32 Å². The van der Waals surface area contributed by atoms with Gasteiger partial charge in [-0.15, -0.1) is 0 Å². The van der Waals surface area contributed by atoms with Crippen molar-refractivity contribution in [3.05, 3.63) is 60.2 Å². The molecular formula is C19H15N3O2S3. The van der Waals surface area contributed by atoms with E-state index in [9.17, 15) is 9.59 Å². The average Bonchev–Trinajstić information content (AvgIpc) is 3.18. The van der Waals surface area contributed by atoms with Crippen molar-refractivity contribution in [3.8, 4) is 0 Å². The SMILES string of the molecule is O=C(C[C@@H]1SC(=S)N(Cc2ccccc2)C1=O)Nc1nc2ccccc2s1. The number of anilines is 1. The molecule has 0 bridgehead atoms. The minimum Gasteiger partial charge on any atom is -0.302 e. The highest BCUT2D eigenvalue weighted by atomic mass is 32.2. The number of nitrogens with one attached hydrogen (secondary N) is 1. The number of hydrogen-bond acceptors (Lipinski definition) is 6. The Morgan fingerprint density at radius 3 is 2.67 bits per heavy atom. The highest BCUT2D eigenvalue weighted by Crippen LogP contribution is 2.32. The summed E-state index contributed by atoms with van der Waals surface area (Å²) in [5, 5.41) is 2.85. The minimum atomic E-state index is -0.490. The lowest BCUT2D eigenvalue weighted by atomic mass is 10.2. The molecule has 27 heavy (non-hydrogen) atoms. The van der Waals surface area contributed by atoms with Crippen molar-refractivity contribution in [2.75, 3.05) is 5.32 Å². The summed E-state index contributed by atoms with van der Waals surface area (Å²) in [4.78, 5) is 31.0. The number of para-hydroxylation sites is 1. The van der Waals surface area contributed by atoms with E-state index >= 15 is 0 Å². The Balaban J connectivity index is 1.39. The molecule has 1 aromatic heterocycles. The summed E-state index contributed by atoms with van der Waals surface area (Å²) in [5.74, 6) is -0.349. The first-order valence-electron chi connectivity index (χ1n) is 8.31. The number of amides is 2. The molecule has 0 spiro atoms. The van der Waals surface area contributed by atoms with E-state index in [0.717, 1.165) is 15.8 Å². The van der Waals surface area contributed by atoms with Crippen LogP contribution in [0.4, 0.5) is 5.13 Å². The molecule has 1 aliphatic rings. The zero-order chi connectivity index (χ0) is 18.8. The highest BCUT2D eigenvalue weighted by molar-refractivity contribution is 8.24. The first-order chi connectivity index (χ1) is 13.1. The van der Waals surface area contributed by atoms with Crippen molar-refractivity contribution in [1.82, 2.24) is 9.88 Å². The summed E-state index contributed by atoms with van der Waals surface area (Å²) in [6.07, 6.45) is 0.0743. The second-order valence-electron chi connectivity index (χ2n) is 6.02. The van der Waals surface area contributed by atoms with E-state index in [4.69, 9.17) is 12.2 Å². The van der Waals surface area contributed by atoms with Gasteiger partial charge in [-0.2, -0.15) is 0 Å². The summed E-state index contributed by atoms with van der Waals surface area (Å²) in [5.41, 5.74) is 1.85. The fraction of sp³-hybridized carbons (Fsp3) is 0.158. The third-order valence-corrected chi connectivity index (χ3v) is 6.64. The number of benzene rings is 2. The summed E-state index contributed by atoms with van der Waals surface area (Å²) >= 11 is 8.04. The molecule has 4 rings (SSSR count). The zero-order valence-corrected chi connectivity index (χ0v) is 16.6. The number of rotatable bonds is 5. The molecule has 2 amide bonds. The smallest absolute Gasteiger partial charge is 0.242 e. The number of fused-ring (bicyclic) bond motifs is 1. The summed E-state index contributed by atoms with van der Waals surface area (Å²) in [7, 11) is 0. The maximum atomic E-state index is 12.7. The molecule has 136 valence electrons. The Morgan fingerprint density at radius 1 is 1.15 bits per heavy atom. The Bertz CT molecular complexity index is 986. The molecule has 2 heterocycles. The predicted molar refractivity (Wildman–Crippen MR) is 114 cm³/mol. The number of carbonyl (C=O) groups is 2. The molecule has 0 aliphatic carbocycles. The van der Waals surface area contributed by atoms with E-state index in [1.807, 2.05) is 54.6 Å². The van der Waals surface area contributed by atoms with E-state index in [2.05, 4.69) is 10.3 Å². The molecule has 3 aromatic rings. The van der Waals surface area contributed by atoms with E-state index in [-0.39, 0.29) is 18.2 Å². The van der Waals surface area contributed by atoms with Gasteiger partial charge in [0.15, 0.2) is 5.13 Å². The van der Waals surface area contributed by atoms with Gasteiger partial charge in [-0.25, -0.2) is 4.98 Å². The van der Waals surface area contributed by atoms with Gasteiger partial charge in [-0.3, -0.25) is 14.5 Å². The van der Waals surface area contributed by atoms with Crippen molar-refractivity contribution in [2.24, 2.45) is 0 Å². The fourth-order valence-corrected chi connectivity index (χ4v) is 5.17. The molecule has 5 nitrogen and oxygen atoms in total. The van der Waals surface area contributed by atoms with E-state index in [1.165, 1.54) is 23.1 Å². The minimum absolute atomic E-state index is 0.0743. The Kier molecular flexibility index (Phi) is 5.20. The van der Waals surface area contributed by atoms with Crippen LogP contribution in [-0.4, -0.2) is 31.3 Å². The first kappa shape index (κ1) is 18.1. The molecule has 1 aliphatic heterocycles. The highest BCUT2D eigenvalue weighted by Gasteiger charge is 2.38. The predicted octanol–water partition coefficient (Wildman–Crippen LogP) is 4.05. The topological polar surface area (TPSA) is 62.3 Å². The maximum absolute atomic E-state index is 12.7. The molecule has 0 saturated carbocycles. The maximum Gasteiger partial charge on any atom is 0.242 e. The van der Waals surface area contributed by atoms with Crippen LogP contribution in [-0.2, 0) is 16.1 Å². The molecule has 0 unspecified atom stereocenters. The van der Waals surface area contributed by atoms with Crippen molar-refractivity contribution >= 4 is 66.8 Å². The van der Waals surface area contributed by atoms with Crippen LogP contribution in [0.5, 0.6) is 0 Å². The lowest BCUT2D eigenvalue weighted by Crippen LogP contribution is -2.32. The molecule has 2 aromatic carbocycles. The monoisotopic (exact) mass is 413 g/mol. The lowest BCUT2D eigenvalue weighted by molar-refractivity contribution is -0.128. The molecule has 1 saturated heterocycles. The molecule has 1 N–H and O–H groups in total. The number of nitrogens with zero attached hydrogens (tertiary/aromatic N) is 2. The van der Waals surface area contributed by atoms with Crippen molar-refractivity contribution in [2.45, 2.75) is 18.2 Å². The fourth-order valence-electron chi connectivity index (χ4n) is 2.80. The summed E-state index contributed by atoms with van der Waals surface area (Å²) in [6.45, 7) is 0.432. The van der Waals surface area contributed by atoms with Crippen molar-refractivity contribution in [3.63, 3.8) is 0 Å². The normalized spacial score (nSPS) is 16.9. The average molecular weight is 414 g/mol. The number of hydrogen-bond donors (Lipinski definition) is 1. The molecule has 8 heteroatoms. The lowest BCUT2D eigenvalue weighted by Gasteiger charge is -2.15. The van der Waals surface area contributed by atoms with Gasteiger partial charge in [-0.1, -0.05) is 77.8 Å². The number of aromatic nitrogens is 1. The van der Waals surface area contributed by atoms with Gasteiger partial charge >= 0.3 is 0 Å². The Morgan fingerprint density at radius 2 is 1.89 bits per heavy atom. The van der Waals surface area contributed by atoms with Gasteiger partial charge in [0, 0.05) is 6.42 Å². The Hall–Kier alpha value is -2.29. The third-order valence-electron chi connectivity index (χ3n) is 4.10. The van der Waals surface area contributed by atoms with Crippen LogP contribution in [0.15, 0.2) is 54.6 Å².